The van der Waals surface area contributed by atoms with Crippen LogP contribution >= 0.6 is 0 Å². The van der Waals surface area contributed by atoms with Gasteiger partial charge in [-0.05, 0) is 30.9 Å². The second-order valence-corrected chi connectivity index (χ2v) is 6.77. The fourth-order valence-electron chi connectivity index (χ4n) is 3.70. The molecule has 0 radical (unpaired) electrons. The monoisotopic (exact) mass is 332 g/mol. The van der Waals surface area contributed by atoms with E-state index in [0.717, 1.165) is 32.5 Å². The lowest BCUT2D eigenvalue weighted by molar-refractivity contribution is -0.131. The molecule has 0 aromatic heterocycles. The highest BCUT2D eigenvalue weighted by Gasteiger charge is 2.34. The van der Waals surface area contributed by atoms with Crippen molar-refractivity contribution in [3.05, 3.63) is 35.9 Å². The summed E-state index contributed by atoms with van der Waals surface area (Å²) in [6, 6.07) is 10.4. The molecular formula is C19H28N2O3. The lowest BCUT2D eigenvalue weighted by atomic mass is 9.89. The zero-order valence-electron chi connectivity index (χ0n) is 14.2. The summed E-state index contributed by atoms with van der Waals surface area (Å²) in [4.78, 5) is 14.4. The number of nitrogens with two attached hydrogens (primary N) is 1. The molecule has 2 fully saturated rings. The third kappa shape index (κ3) is 4.35. The average Bonchev–Trinajstić information content (AvgIpc) is 3.28. The molecule has 5 heteroatoms. The molecule has 5 nitrogen and oxygen atoms in total. The first-order valence-electron chi connectivity index (χ1n) is 9.00. The molecule has 1 aromatic carbocycles. The highest BCUT2D eigenvalue weighted by molar-refractivity contribution is 5.76. The third-order valence-electron chi connectivity index (χ3n) is 5.11. The smallest absolute Gasteiger partial charge is 0.224 e. The zero-order chi connectivity index (χ0) is 16.8. The summed E-state index contributed by atoms with van der Waals surface area (Å²) >= 11 is 0. The Morgan fingerprint density at radius 1 is 1.29 bits per heavy atom. The van der Waals surface area contributed by atoms with E-state index in [4.69, 9.17) is 15.2 Å². The molecule has 0 bridgehead atoms. The summed E-state index contributed by atoms with van der Waals surface area (Å²) in [7, 11) is 0. The van der Waals surface area contributed by atoms with E-state index < -0.39 is 0 Å². The van der Waals surface area contributed by atoms with Gasteiger partial charge in [0.2, 0.25) is 5.91 Å². The number of carbonyl (C=O) groups is 1. The van der Waals surface area contributed by atoms with Crippen molar-refractivity contribution < 1.29 is 14.3 Å². The van der Waals surface area contributed by atoms with Gasteiger partial charge in [-0.15, -0.1) is 0 Å². The molecule has 2 aliphatic rings. The van der Waals surface area contributed by atoms with Crippen LogP contribution in [-0.4, -0.2) is 56.4 Å². The van der Waals surface area contributed by atoms with Gasteiger partial charge in [-0.2, -0.15) is 0 Å². The maximum atomic E-state index is 12.5. The Bertz CT molecular complexity index is 517. The molecule has 2 heterocycles. The number of amides is 1. The number of hydrogen-bond donors (Lipinski definition) is 1. The molecule has 2 N–H and O–H groups in total. The summed E-state index contributed by atoms with van der Waals surface area (Å²) < 4.78 is 11.1. The molecule has 3 rings (SSSR count). The van der Waals surface area contributed by atoms with Gasteiger partial charge in [-0.25, -0.2) is 0 Å². The summed E-state index contributed by atoms with van der Waals surface area (Å²) in [6.45, 7) is 4.03. The van der Waals surface area contributed by atoms with Crippen LogP contribution in [0.25, 0.3) is 0 Å². The first kappa shape index (κ1) is 17.4. The fourth-order valence-corrected chi connectivity index (χ4v) is 3.70. The van der Waals surface area contributed by atoms with E-state index in [1.54, 1.807) is 0 Å². The Labute approximate surface area is 144 Å². The van der Waals surface area contributed by atoms with Crippen LogP contribution in [0.3, 0.4) is 0 Å². The van der Waals surface area contributed by atoms with Gasteiger partial charge >= 0.3 is 0 Å². The Balaban J connectivity index is 1.45. The van der Waals surface area contributed by atoms with E-state index in [1.807, 2.05) is 23.1 Å². The minimum atomic E-state index is 0.166. The number of carbonyl (C=O) groups excluding carboxylic acids is 1. The Morgan fingerprint density at radius 2 is 2.12 bits per heavy atom. The number of nitrogens with zero attached hydrogens (tertiary/aromatic N) is 1. The number of benzene rings is 1. The second kappa shape index (κ2) is 8.60. The van der Waals surface area contributed by atoms with Gasteiger partial charge in [0.05, 0.1) is 25.7 Å². The van der Waals surface area contributed by atoms with Crippen LogP contribution in [0.1, 0.15) is 30.7 Å². The van der Waals surface area contributed by atoms with Crippen molar-refractivity contribution in [2.24, 2.45) is 11.7 Å². The van der Waals surface area contributed by atoms with Gasteiger partial charge < -0.3 is 20.1 Å². The largest absolute Gasteiger partial charge is 0.378 e. The van der Waals surface area contributed by atoms with Crippen LogP contribution in [0.5, 0.6) is 0 Å². The summed E-state index contributed by atoms with van der Waals surface area (Å²) in [6.07, 6.45) is 2.83. The van der Waals surface area contributed by atoms with Crippen molar-refractivity contribution in [3.8, 4) is 0 Å². The SMILES string of the molecule is NC[C@@H]1CN(C(=O)CCOCC2CCCO2)C[C@H]1c1ccccc1. The third-order valence-corrected chi connectivity index (χ3v) is 5.11. The van der Waals surface area contributed by atoms with Crippen LogP contribution in [0.15, 0.2) is 30.3 Å². The lowest BCUT2D eigenvalue weighted by Gasteiger charge is -2.17. The second-order valence-electron chi connectivity index (χ2n) is 6.77. The highest BCUT2D eigenvalue weighted by Crippen LogP contribution is 2.32. The molecule has 24 heavy (non-hydrogen) atoms. The molecule has 1 amide bonds. The average molecular weight is 332 g/mol. The van der Waals surface area contributed by atoms with E-state index in [-0.39, 0.29) is 12.0 Å². The standard InChI is InChI=1S/C19H28N2O3/c20-11-16-12-21(13-18(16)15-5-2-1-3-6-15)19(22)8-10-23-14-17-7-4-9-24-17/h1-3,5-6,16-18H,4,7-14,20H2/t16-,17?,18+/m1/s1. The topological polar surface area (TPSA) is 64.8 Å². The lowest BCUT2D eigenvalue weighted by Crippen LogP contribution is -2.30. The molecule has 0 aliphatic carbocycles. The first-order chi connectivity index (χ1) is 11.8. The van der Waals surface area contributed by atoms with Gasteiger partial charge in [-0.1, -0.05) is 30.3 Å². The maximum Gasteiger partial charge on any atom is 0.224 e. The van der Waals surface area contributed by atoms with Crippen molar-refractivity contribution in [2.45, 2.75) is 31.3 Å². The van der Waals surface area contributed by atoms with Crippen LogP contribution in [0.2, 0.25) is 0 Å². The van der Waals surface area contributed by atoms with E-state index in [1.165, 1.54) is 5.56 Å². The molecule has 1 aromatic rings. The van der Waals surface area contributed by atoms with E-state index in [0.29, 0.717) is 38.0 Å². The summed E-state index contributed by atoms with van der Waals surface area (Å²) in [5.41, 5.74) is 7.21. The quantitative estimate of drug-likeness (QED) is 0.773. The molecule has 2 aliphatic heterocycles. The van der Waals surface area contributed by atoms with Gasteiger partial charge in [0.25, 0.3) is 0 Å². The number of hydrogen-bond acceptors (Lipinski definition) is 4. The van der Waals surface area contributed by atoms with Gasteiger partial charge in [-0.3, -0.25) is 4.79 Å². The molecule has 3 atom stereocenters. The van der Waals surface area contributed by atoms with Crippen molar-refractivity contribution in [1.82, 2.24) is 4.90 Å². The van der Waals surface area contributed by atoms with Crippen LogP contribution in [0, 0.1) is 5.92 Å². The van der Waals surface area contributed by atoms with Gasteiger partial charge in [0, 0.05) is 25.6 Å². The van der Waals surface area contributed by atoms with Gasteiger partial charge in [0.15, 0.2) is 0 Å². The molecule has 132 valence electrons. The van der Waals surface area contributed by atoms with Crippen LogP contribution < -0.4 is 5.73 Å². The van der Waals surface area contributed by atoms with E-state index >= 15 is 0 Å². The first-order valence-corrected chi connectivity index (χ1v) is 9.00. The summed E-state index contributed by atoms with van der Waals surface area (Å²) in [5, 5.41) is 0. The Kier molecular flexibility index (Phi) is 6.24. The van der Waals surface area contributed by atoms with Crippen LogP contribution in [-0.2, 0) is 14.3 Å². The molecule has 2 saturated heterocycles. The van der Waals surface area contributed by atoms with Crippen molar-refractivity contribution >= 4 is 5.91 Å². The summed E-state index contributed by atoms with van der Waals surface area (Å²) in [5.74, 6) is 0.844. The van der Waals surface area contributed by atoms with E-state index in [2.05, 4.69) is 12.1 Å². The molecule has 1 unspecified atom stereocenters. The zero-order valence-corrected chi connectivity index (χ0v) is 14.2. The number of ether oxygens (including phenoxy) is 2. The highest BCUT2D eigenvalue weighted by atomic mass is 16.5. The van der Waals surface area contributed by atoms with E-state index in [9.17, 15) is 4.79 Å². The molecule has 0 saturated carbocycles. The van der Waals surface area contributed by atoms with Crippen molar-refractivity contribution in [3.63, 3.8) is 0 Å². The minimum absolute atomic E-state index is 0.166. The number of rotatable bonds is 7. The van der Waals surface area contributed by atoms with Crippen molar-refractivity contribution in [1.29, 1.82) is 0 Å². The Morgan fingerprint density at radius 3 is 2.83 bits per heavy atom. The predicted molar refractivity (Wildman–Crippen MR) is 92.7 cm³/mol. The predicted octanol–water partition coefficient (Wildman–Crippen LogP) is 1.77. The normalized spacial score (nSPS) is 26.9. The Hall–Kier alpha value is -1.43. The van der Waals surface area contributed by atoms with Crippen LogP contribution in [0.4, 0.5) is 0 Å². The number of likely N-dealkylation sites (tertiary alicyclic amines) is 1. The van der Waals surface area contributed by atoms with Crippen molar-refractivity contribution in [2.75, 3.05) is 39.5 Å². The fraction of sp³-hybridized carbons (Fsp3) is 0.632. The van der Waals surface area contributed by atoms with Gasteiger partial charge in [0.1, 0.15) is 0 Å². The minimum Gasteiger partial charge on any atom is -0.378 e. The molecular weight excluding hydrogens is 304 g/mol. The molecule has 0 spiro atoms. The maximum absolute atomic E-state index is 12.5.